The van der Waals surface area contributed by atoms with E-state index in [1.54, 1.807) is 6.20 Å². The lowest BCUT2D eigenvalue weighted by atomic mass is 9.78. The Kier molecular flexibility index (Phi) is 8.51. The molecule has 0 aromatic carbocycles. The van der Waals surface area contributed by atoms with Gasteiger partial charge >= 0.3 is 0 Å². The van der Waals surface area contributed by atoms with Crippen LogP contribution in [-0.4, -0.2) is 42.9 Å². The maximum absolute atomic E-state index is 13.1. The molecule has 0 saturated heterocycles. The van der Waals surface area contributed by atoms with E-state index < -0.39 is 5.60 Å². The molecule has 1 heterocycles. The van der Waals surface area contributed by atoms with Gasteiger partial charge in [0.25, 0.3) is 5.91 Å². The number of hydrogen-bond acceptors (Lipinski definition) is 5. The molecular weight excluding hydrogens is 344 g/mol. The van der Waals surface area contributed by atoms with Crippen LogP contribution in [-0.2, 0) is 14.3 Å². The predicted octanol–water partition coefficient (Wildman–Crippen LogP) is 4.12. The number of rotatable bonds is 10. The molecule has 1 aromatic heterocycles. The van der Waals surface area contributed by atoms with Crippen LogP contribution in [0.2, 0.25) is 0 Å². The van der Waals surface area contributed by atoms with E-state index in [1.807, 2.05) is 19.9 Å². The van der Waals surface area contributed by atoms with Gasteiger partial charge in [0.2, 0.25) is 5.88 Å². The highest BCUT2D eigenvalue weighted by molar-refractivity contribution is 5.97. The van der Waals surface area contributed by atoms with Gasteiger partial charge in [-0.2, -0.15) is 0 Å². The second kappa shape index (κ2) is 10.6. The van der Waals surface area contributed by atoms with Crippen molar-refractivity contribution in [3.63, 3.8) is 0 Å². The average molecular weight is 379 g/mol. The molecule has 0 spiro atoms. The van der Waals surface area contributed by atoms with Crippen LogP contribution < -0.4 is 10.1 Å². The molecule has 0 bridgehead atoms. The van der Waals surface area contributed by atoms with Crippen molar-refractivity contribution < 1.29 is 19.0 Å². The van der Waals surface area contributed by atoms with Crippen molar-refractivity contribution in [1.29, 1.82) is 0 Å². The van der Waals surface area contributed by atoms with Crippen LogP contribution in [0, 0.1) is 12.8 Å². The Morgan fingerprint density at radius 1 is 1.33 bits per heavy atom. The number of amides is 1. The summed E-state index contributed by atoms with van der Waals surface area (Å²) in [5, 5.41) is 3.02. The molecule has 1 aliphatic carbocycles. The molecule has 152 valence electrons. The average Bonchev–Trinajstić information content (AvgIpc) is 2.65. The number of pyridine rings is 1. The van der Waals surface area contributed by atoms with Gasteiger partial charge in [-0.05, 0) is 51.5 Å². The fourth-order valence-electron chi connectivity index (χ4n) is 3.57. The van der Waals surface area contributed by atoms with E-state index >= 15 is 0 Å². The minimum Gasteiger partial charge on any atom is -0.475 e. The van der Waals surface area contributed by atoms with Crippen LogP contribution >= 0.6 is 0 Å². The van der Waals surface area contributed by atoms with Crippen LogP contribution in [0.4, 0.5) is 5.69 Å². The lowest BCUT2D eigenvalue weighted by Crippen LogP contribution is -2.48. The van der Waals surface area contributed by atoms with Gasteiger partial charge in [0, 0.05) is 18.8 Å². The minimum atomic E-state index is -0.728. The summed E-state index contributed by atoms with van der Waals surface area (Å²) in [6.45, 7) is 10.4. The summed E-state index contributed by atoms with van der Waals surface area (Å²) < 4.78 is 17.0. The largest absolute Gasteiger partial charge is 0.475 e. The lowest BCUT2D eigenvalue weighted by molar-refractivity contribution is -0.148. The first-order valence-electron chi connectivity index (χ1n) is 10.1. The number of anilines is 1. The fourth-order valence-corrected chi connectivity index (χ4v) is 3.57. The highest BCUT2D eigenvalue weighted by Crippen LogP contribution is 2.36. The van der Waals surface area contributed by atoms with Crippen molar-refractivity contribution in [2.45, 2.75) is 65.4 Å². The van der Waals surface area contributed by atoms with Gasteiger partial charge in [-0.3, -0.25) is 4.79 Å². The Hall–Kier alpha value is -1.66. The number of aryl methyl sites for hydroxylation is 1. The Morgan fingerprint density at radius 3 is 2.81 bits per heavy atom. The predicted molar refractivity (Wildman–Crippen MR) is 106 cm³/mol. The number of hydrogen-bond donors (Lipinski definition) is 1. The maximum atomic E-state index is 13.1. The van der Waals surface area contributed by atoms with Crippen molar-refractivity contribution in [3.8, 4) is 5.88 Å². The third-order valence-corrected chi connectivity index (χ3v) is 4.91. The molecule has 1 amide bonds. The van der Waals surface area contributed by atoms with E-state index in [-0.39, 0.29) is 5.91 Å². The van der Waals surface area contributed by atoms with Gasteiger partial charge < -0.3 is 19.5 Å². The van der Waals surface area contributed by atoms with Crippen molar-refractivity contribution in [2.75, 3.05) is 31.7 Å². The van der Waals surface area contributed by atoms with Crippen LogP contribution in [0.5, 0.6) is 5.88 Å². The maximum Gasteiger partial charge on any atom is 0.256 e. The molecule has 1 aromatic rings. The van der Waals surface area contributed by atoms with Crippen molar-refractivity contribution in [2.24, 2.45) is 5.92 Å². The van der Waals surface area contributed by atoms with Crippen LogP contribution in [0.15, 0.2) is 12.3 Å². The first kappa shape index (κ1) is 21.6. The first-order chi connectivity index (χ1) is 13.0. The van der Waals surface area contributed by atoms with Crippen molar-refractivity contribution >= 4 is 11.6 Å². The van der Waals surface area contributed by atoms with E-state index in [1.165, 1.54) is 0 Å². The third-order valence-electron chi connectivity index (χ3n) is 4.91. The number of aromatic nitrogens is 1. The summed E-state index contributed by atoms with van der Waals surface area (Å²) in [6, 6.07) is 1.89. The van der Waals surface area contributed by atoms with E-state index in [4.69, 9.17) is 14.2 Å². The number of carbonyl (C=O) groups excluding carboxylic acids is 1. The second-order valence-electron chi connectivity index (χ2n) is 7.39. The van der Waals surface area contributed by atoms with Gasteiger partial charge in [-0.1, -0.05) is 20.3 Å². The topological polar surface area (TPSA) is 69.7 Å². The van der Waals surface area contributed by atoms with Crippen molar-refractivity contribution in [3.05, 3.63) is 17.8 Å². The standard InChI is InChI=1S/C21H34N2O4/c1-5-10-27-21(9-7-8-16(3)14-21)20(24)23-18-13-17(4)19(22-15-18)26-12-11-25-6-2/h13,15-16H,5-12,14H2,1-4H3,(H,23,24)/t16-,21-/m0/s1. The van der Waals surface area contributed by atoms with Gasteiger partial charge in [-0.25, -0.2) is 4.98 Å². The van der Waals surface area contributed by atoms with E-state index in [0.717, 1.165) is 37.7 Å². The highest BCUT2D eigenvalue weighted by atomic mass is 16.5. The fraction of sp³-hybridized carbons (Fsp3) is 0.714. The van der Waals surface area contributed by atoms with Gasteiger partial charge in [0.1, 0.15) is 12.2 Å². The molecule has 2 atom stereocenters. The van der Waals surface area contributed by atoms with Gasteiger partial charge in [-0.15, -0.1) is 0 Å². The van der Waals surface area contributed by atoms with E-state index in [9.17, 15) is 4.79 Å². The van der Waals surface area contributed by atoms with Crippen LogP contribution in [0.1, 0.15) is 58.4 Å². The Balaban J connectivity index is 2.03. The molecule has 6 nitrogen and oxygen atoms in total. The van der Waals surface area contributed by atoms with E-state index in [2.05, 4.69) is 24.1 Å². The molecule has 1 fully saturated rings. The van der Waals surface area contributed by atoms with E-state index in [0.29, 0.717) is 43.9 Å². The van der Waals surface area contributed by atoms with Crippen LogP contribution in [0.3, 0.4) is 0 Å². The molecule has 0 aliphatic heterocycles. The summed E-state index contributed by atoms with van der Waals surface area (Å²) in [6.07, 6.45) is 6.25. The minimum absolute atomic E-state index is 0.0614. The van der Waals surface area contributed by atoms with Gasteiger partial charge in [0.05, 0.1) is 18.5 Å². The zero-order valence-electron chi connectivity index (χ0n) is 17.2. The highest BCUT2D eigenvalue weighted by Gasteiger charge is 2.42. The first-order valence-corrected chi connectivity index (χ1v) is 10.1. The molecule has 27 heavy (non-hydrogen) atoms. The Labute approximate surface area is 163 Å². The summed E-state index contributed by atoms with van der Waals surface area (Å²) in [4.78, 5) is 17.4. The summed E-state index contributed by atoms with van der Waals surface area (Å²) in [5.41, 5.74) is 0.825. The zero-order chi connectivity index (χ0) is 19.7. The second-order valence-corrected chi connectivity index (χ2v) is 7.39. The third kappa shape index (κ3) is 6.18. The molecule has 0 radical (unpaired) electrons. The SMILES string of the molecule is CCCO[C@@]1(C(=O)Nc2cnc(OCCOCC)c(C)c2)CCC[C@H](C)C1. The number of ether oxygens (including phenoxy) is 3. The number of carbonyl (C=O) groups is 1. The molecule has 1 aliphatic rings. The summed E-state index contributed by atoms with van der Waals surface area (Å²) in [5.74, 6) is 0.993. The molecule has 6 heteroatoms. The zero-order valence-corrected chi connectivity index (χ0v) is 17.2. The van der Waals surface area contributed by atoms with Gasteiger partial charge in [0.15, 0.2) is 0 Å². The summed E-state index contributed by atoms with van der Waals surface area (Å²) >= 11 is 0. The quantitative estimate of drug-likeness (QED) is 0.620. The lowest BCUT2D eigenvalue weighted by Gasteiger charge is -2.38. The smallest absolute Gasteiger partial charge is 0.256 e. The molecule has 1 saturated carbocycles. The van der Waals surface area contributed by atoms with Crippen LogP contribution in [0.25, 0.3) is 0 Å². The number of nitrogens with one attached hydrogen (secondary N) is 1. The monoisotopic (exact) mass is 378 g/mol. The molecule has 2 rings (SSSR count). The number of nitrogens with zero attached hydrogens (tertiary/aromatic N) is 1. The summed E-state index contributed by atoms with van der Waals surface area (Å²) in [7, 11) is 0. The van der Waals surface area contributed by atoms with Crippen molar-refractivity contribution in [1.82, 2.24) is 4.98 Å². The molecule has 1 N–H and O–H groups in total. The molecular formula is C21H34N2O4. The normalized spacial score (nSPS) is 22.4. The Bertz CT molecular complexity index is 608. The molecule has 0 unspecified atom stereocenters. The Morgan fingerprint density at radius 2 is 2.15 bits per heavy atom.